The maximum atomic E-state index is 12.2. The molecule has 4 aromatic rings. The standard InChI is InChI=1S/C23H22N2O5.ClH/c1-12(2)8-24-9-14-10-25-13(3)23-15(14)4-18(30-23)17-6-22(26)29-19-7-21-20(5-16(17)19)27-11-28-21;/h4-7,10,12,24H,8-9,11H2,1-3H3;1H. The molecule has 4 heterocycles. The van der Waals surface area contributed by atoms with E-state index in [9.17, 15) is 4.79 Å². The number of furan rings is 1. The lowest BCUT2D eigenvalue weighted by Gasteiger charge is -2.08. The van der Waals surface area contributed by atoms with Crippen LogP contribution in [-0.4, -0.2) is 18.3 Å². The smallest absolute Gasteiger partial charge is 0.336 e. The van der Waals surface area contributed by atoms with E-state index in [-0.39, 0.29) is 19.2 Å². The van der Waals surface area contributed by atoms with Crippen LogP contribution in [0.15, 0.2) is 44.1 Å². The van der Waals surface area contributed by atoms with Gasteiger partial charge in [-0.3, -0.25) is 4.98 Å². The molecule has 8 heteroatoms. The fourth-order valence-corrected chi connectivity index (χ4v) is 3.73. The van der Waals surface area contributed by atoms with E-state index >= 15 is 0 Å². The molecule has 0 saturated carbocycles. The number of aryl methyl sites for hydroxylation is 1. The minimum atomic E-state index is -0.453. The molecule has 1 aliphatic rings. The molecular formula is C23H23ClN2O5. The van der Waals surface area contributed by atoms with Crippen molar-refractivity contribution in [3.8, 4) is 22.8 Å². The van der Waals surface area contributed by atoms with Crippen LogP contribution in [0.25, 0.3) is 33.3 Å². The van der Waals surface area contributed by atoms with Gasteiger partial charge in [-0.1, -0.05) is 13.8 Å². The van der Waals surface area contributed by atoms with Gasteiger partial charge in [0.25, 0.3) is 0 Å². The summed E-state index contributed by atoms with van der Waals surface area (Å²) in [7, 11) is 0. The lowest BCUT2D eigenvalue weighted by atomic mass is 10.1. The highest BCUT2D eigenvalue weighted by atomic mass is 35.5. The first kappa shape index (κ1) is 21.2. The van der Waals surface area contributed by atoms with Gasteiger partial charge in [0.15, 0.2) is 17.1 Å². The Morgan fingerprint density at radius 2 is 1.84 bits per heavy atom. The first-order valence-electron chi connectivity index (χ1n) is 9.96. The van der Waals surface area contributed by atoms with Crippen molar-refractivity contribution in [1.29, 1.82) is 0 Å². The molecular weight excluding hydrogens is 420 g/mol. The molecule has 0 atom stereocenters. The summed E-state index contributed by atoms with van der Waals surface area (Å²) in [4.78, 5) is 16.7. The molecule has 1 N–H and O–H groups in total. The summed E-state index contributed by atoms with van der Waals surface area (Å²) < 4.78 is 22.5. The van der Waals surface area contributed by atoms with Gasteiger partial charge in [-0.2, -0.15) is 0 Å². The molecule has 7 nitrogen and oxygen atoms in total. The molecule has 3 aromatic heterocycles. The quantitative estimate of drug-likeness (QED) is 0.444. The molecule has 1 aliphatic heterocycles. The number of ether oxygens (including phenoxy) is 2. The minimum absolute atomic E-state index is 0. The van der Waals surface area contributed by atoms with Gasteiger partial charge in [-0.15, -0.1) is 12.4 Å². The maximum absolute atomic E-state index is 12.2. The fraction of sp³-hybridized carbons (Fsp3) is 0.304. The van der Waals surface area contributed by atoms with E-state index < -0.39 is 5.63 Å². The highest BCUT2D eigenvalue weighted by molar-refractivity contribution is 5.97. The molecule has 1 aromatic carbocycles. The summed E-state index contributed by atoms with van der Waals surface area (Å²) in [5, 5.41) is 5.16. The summed E-state index contributed by atoms with van der Waals surface area (Å²) in [6, 6.07) is 6.91. The van der Waals surface area contributed by atoms with Crippen LogP contribution in [0.3, 0.4) is 0 Å². The Kier molecular flexibility index (Phi) is 5.64. The minimum Gasteiger partial charge on any atom is -0.454 e. The summed E-state index contributed by atoms with van der Waals surface area (Å²) in [5.41, 5.74) is 3.19. The molecule has 0 fully saturated rings. The van der Waals surface area contributed by atoms with Crippen molar-refractivity contribution in [2.24, 2.45) is 5.92 Å². The molecule has 5 rings (SSSR count). The highest BCUT2D eigenvalue weighted by Gasteiger charge is 2.20. The molecule has 0 amide bonds. The number of pyridine rings is 1. The average Bonchev–Trinajstić information content (AvgIpc) is 3.34. The number of fused-ring (bicyclic) bond motifs is 3. The first-order valence-corrected chi connectivity index (χ1v) is 9.96. The van der Waals surface area contributed by atoms with Gasteiger partial charge in [0.2, 0.25) is 6.79 Å². The van der Waals surface area contributed by atoms with Crippen LogP contribution in [0.2, 0.25) is 0 Å². The van der Waals surface area contributed by atoms with Gasteiger partial charge >= 0.3 is 5.63 Å². The third kappa shape index (κ3) is 3.86. The average molecular weight is 443 g/mol. The van der Waals surface area contributed by atoms with Crippen molar-refractivity contribution < 1.29 is 18.3 Å². The van der Waals surface area contributed by atoms with Gasteiger partial charge in [-0.25, -0.2) is 4.79 Å². The van der Waals surface area contributed by atoms with Crippen LogP contribution in [0, 0.1) is 12.8 Å². The lowest BCUT2D eigenvalue weighted by molar-refractivity contribution is 0.174. The highest BCUT2D eigenvalue weighted by Crippen LogP contribution is 2.40. The van der Waals surface area contributed by atoms with E-state index in [0.717, 1.165) is 34.2 Å². The Hall–Kier alpha value is -3.03. The number of rotatable bonds is 5. The van der Waals surface area contributed by atoms with Crippen LogP contribution in [-0.2, 0) is 6.54 Å². The molecule has 0 aliphatic carbocycles. The van der Waals surface area contributed by atoms with Crippen LogP contribution in [0.1, 0.15) is 25.1 Å². The number of hydrogen-bond donors (Lipinski definition) is 1. The number of benzene rings is 1. The van der Waals surface area contributed by atoms with Crippen molar-refractivity contribution in [3.05, 3.63) is 52.1 Å². The topological polar surface area (TPSA) is 86.7 Å². The number of halogens is 1. The van der Waals surface area contributed by atoms with Crippen molar-refractivity contribution in [2.75, 3.05) is 13.3 Å². The Morgan fingerprint density at radius 1 is 1.06 bits per heavy atom. The second-order valence-corrected chi connectivity index (χ2v) is 7.93. The first-order chi connectivity index (χ1) is 14.5. The van der Waals surface area contributed by atoms with Gasteiger partial charge in [0, 0.05) is 41.2 Å². The number of aromatic nitrogens is 1. The lowest BCUT2D eigenvalue weighted by Crippen LogP contribution is -2.19. The monoisotopic (exact) mass is 442 g/mol. The van der Waals surface area contributed by atoms with Crippen LogP contribution in [0.5, 0.6) is 11.5 Å². The Morgan fingerprint density at radius 3 is 2.61 bits per heavy atom. The maximum Gasteiger partial charge on any atom is 0.336 e. The van der Waals surface area contributed by atoms with Gasteiger partial charge in [0.05, 0.1) is 5.69 Å². The van der Waals surface area contributed by atoms with E-state index in [2.05, 4.69) is 24.1 Å². The number of nitrogens with one attached hydrogen (secondary N) is 1. The zero-order valence-electron chi connectivity index (χ0n) is 17.5. The summed E-state index contributed by atoms with van der Waals surface area (Å²) in [6.07, 6.45) is 1.87. The van der Waals surface area contributed by atoms with E-state index in [4.69, 9.17) is 18.3 Å². The molecule has 0 spiro atoms. The third-order valence-electron chi connectivity index (χ3n) is 5.19. The largest absolute Gasteiger partial charge is 0.454 e. The molecule has 0 unspecified atom stereocenters. The second-order valence-electron chi connectivity index (χ2n) is 7.93. The zero-order chi connectivity index (χ0) is 20.8. The predicted molar refractivity (Wildman–Crippen MR) is 120 cm³/mol. The van der Waals surface area contributed by atoms with Crippen LogP contribution >= 0.6 is 12.4 Å². The molecule has 162 valence electrons. The number of nitrogens with zero attached hydrogens (tertiary/aromatic N) is 1. The molecule has 0 radical (unpaired) electrons. The number of hydrogen-bond acceptors (Lipinski definition) is 7. The van der Waals surface area contributed by atoms with Gasteiger partial charge in [0.1, 0.15) is 11.3 Å². The summed E-state index contributed by atoms with van der Waals surface area (Å²) in [6.45, 7) is 8.01. The molecule has 31 heavy (non-hydrogen) atoms. The van der Waals surface area contributed by atoms with E-state index in [1.54, 1.807) is 6.07 Å². The van der Waals surface area contributed by atoms with Crippen molar-refractivity contribution >= 4 is 34.3 Å². The van der Waals surface area contributed by atoms with Crippen LogP contribution < -0.4 is 20.4 Å². The van der Waals surface area contributed by atoms with Gasteiger partial charge in [-0.05, 0) is 37.1 Å². The SMILES string of the molecule is Cc1ncc(CNCC(C)C)c2cc(-c3cc(=O)oc4cc5c(cc34)OCO5)oc12.Cl. The fourth-order valence-electron chi connectivity index (χ4n) is 3.73. The molecule has 0 saturated heterocycles. The second kappa shape index (κ2) is 8.24. The van der Waals surface area contributed by atoms with Crippen molar-refractivity contribution in [3.63, 3.8) is 0 Å². The predicted octanol–water partition coefficient (Wildman–Crippen LogP) is 4.81. The Balaban J connectivity index is 0.00000231. The Bertz CT molecular complexity index is 1330. The molecule has 0 bridgehead atoms. The van der Waals surface area contributed by atoms with Crippen molar-refractivity contribution in [2.45, 2.75) is 27.3 Å². The Labute approximate surface area is 184 Å². The van der Waals surface area contributed by atoms with Crippen LogP contribution in [0.4, 0.5) is 0 Å². The van der Waals surface area contributed by atoms with Crippen molar-refractivity contribution in [1.82, 2.24) is 10.3 Å². The normalized spacial score (nSPS) is 12.6. The van der Waals surface area contributed by atoms with E-state index in [1.807, 2.05) is 25.3 Å². The zero-order valence-corrected chi connectivity index (χ0v) is 18.3. The van der Waals surface area contributed by atoms with E-state index in [1.165, 1.54) is 6.07 Å². The van der Waals surface area contributed by atoms with E-state index in [0.29, 0.717) is 40.9 Å². The summed E-state index contributed by atoms with van der Waals surface area (Å²) >= 11 is 0. The third-order valence-corrected chi connectivity index (χ3v) is 5.19. The van der Waals surface area contributed by atoms with Gasteiger partial charge < -0.3 is 23.6 Å². The summed E-state index contributed by atoms with van der Waals surface area (Å²) in [5.74, 6) is 2.32.